The third kappa shape index (κ3) is 3.50. The number of hydrogen-bond acceptors (Lipinski definition) is 4. The topological polar surface area (TPSA) is 54.9 Å². The van der Waals surface area contributed by atoms with Gasteiger partial charge in [-0.1, -0.05) is 71.5 Å². The van der Waals surface area contributed by atoms with Crippen molar-refractivity contribution in [3.8, 4) is 10.6 Å². The van der Waals surface area contributed by atoms with Crippen LogP contribution in [0.5, 0.6) is 0 Å². The van der Waals surface area contributed by atoms with Gasteiger partial charge in [-0.25, -0.2) is 0 Å². The Morgan fingerprint density at radius 1 is 1.05 bits per heavy atom. The third-order valence-corrected chi connectivity index (χ3v) is 4.18. The third-order valence-electron chi connectivity index (χ3n) is 2.98. The van der Waals surface area contributed by atoms with Gasteiger partial charge < -0.3 is 5.32 Å². The van der Waals surface area contributed by atoms with E-state index in [2.05, 4.69) is 15.5 Å². The highest BCUT2D eigenvalue weighted by Crippen LogP contribution is 2.31. The SMILES string of the molecule is O=C(Cc1ccccc1)Nc1nnc(-c2ccccc2Cl)s1. The highest BCUT2D eigenvalue weighted by molar-refractivity contribution is 7.18. The van der Waals surface area contributed by atoms with E-state index in [4.69, 9.17) is 11.6 Å². The molecule has 110 valence electrons. The van der Waals surface area contributed by atoms with Crippen LogP contribution < -0.4 is 5.32 Å². The first kappa shape index (κ1) is 14.7. The predicted octanol–water partition coefficient (Wildman–Crippen LogP) is 4.04. The maximum Gasteiger partial charge on any atom is 0.230 e. The van der Waals surface area contributed by atoms with Gasteiger partial charge in [-0.2, -0.15) is 0 Å². The van der Waals surface area contributed by atoms with Crippen LogP contribution in [0.2, 0.25) is 5.02 Å². The summed E-state index contributed by atoms with van der Waals surface area (Å²) < 4.78 is 0. The van der Waals surface area contributed by atoms with Gasteiger partial charge >= 0.3 is 0 Å². The summed E-state index contributed by atoms with van der Waals surface area (Å²) >= 11 is 7.43. The van der Waals surface area contributed by atoms with Gasteiger partial charge in [0.25, 0.3) is 0 Å². The number of carbonyl (C=O) groups excluding carboxylic acids is 1. The number of amides is 1. The Hall–Kier alpha value is -2.24. The summed E-state index contributed by atoms with van der Waals surface area (Å²) in [5.41, 5.74) is 1.76. The summed E-state index contributed by atoms with van der Waals surface area (Å²) in [6.45, 7) is 0. The van der Waals surface area contributed by atoms with Crippen molar-refractivity contribution in [1.82, 2.24) is 10.2 Å². The van der Waals surface area contributed by atoms with E-state index >= 15 is 0 Å². The Kier molecular flexibility index (Phi) is 4.46. The lowest BCUT2D eigenvalue weighted by molar-refractivity contribution is -0.115. The monoisotopic (exact) mass is 329 g/mol. The second-order valence-electron chi connectivity index (χ2n) is 4.60. The number of anilines is 1. The van der Waals surface area contributed by atoms with Crippen molar-refractivity contribution in [3.05, 3.63) is 65.2 Å². The number of carbonyl (C=O) groups is 1. The van der Waals surface area contributed by atoms with Crippen LogP contribution in [0.4, 0.5) is 5.13 Å². The summed E-state index contributed by atoms with van der Waals surface area (Å²) in [6.07, 6.45) is 0.307. The first-order chi connectivity index (χ1) is 10.7. The lowest BCUT2D eigenvalue weighted by Crippen LogP contribution is -2.14. The first-order valence-electron chi connectivity index (χ1n) is 6.64. The van der Waals surface area contributed by atoms with E-state index in [1.807, 2.05) is 48.5 Å². The Morgan fingerprint density at radius 3 is 2.55 bits per heavy atom. The fourth-order valence-corrected chi connectivity index (χ4v) is 3.04. The molecule has 0 bridgehead atoms. The maximum atomic E-state index is 12.0. The molecule has 0 aliphatic carbocycles. The van der Waals surface area contributed by atoms with Crippen molar-refractivity contribution in [2.45, 2.75) is 6.42 Å². The lowest BCUT2D eigenvalue weighted by atomic mass is 10.1. The zero-order valence-corrected chi connectivity index (χ0v) is 13.1. The van der Waals surface area contributed by atoms with Gasteiger partial charge in [0.05, 0.1) is 11.4 Å². The molecule has 22 heavy (non-hydrogen) atoms. The zero-order valence-electron chi connectivity index (χ0n) is 11.5. The van der Waals surface area contributed by atoms with Gasteiger partial charge in [0.15, 0.2) is 5.01 Å². The van der Waals surface area contributed by atoms with Crippen LogP contribution in [0.1, 0.15) is 5.56 Å². The average Bonchev–Trinajstić information content (AvgIpc) is 2.97. The Labute approximate surface area is 136 Å². The fraction of sp³-hybridized carbons (Fsp3) is 0.0625. The summed E-state index contributed by atoms with van der Waals surface area (Å²) in [4.78, 5) is 12.0. The van der Waals surface area contributed by atoms with E-state index < -0.39 is 0 Å². The van der Waals surface area contributed by atoms with Crippen LogP contribution in [0.3, 0.4) is 0 Å². The van der Waals surface area contributed by atoms with Crippen molar-refractivity contribution in [2.24, 2.45) is 0 Å². The van der Waals surface area contributed by atoms with Crippen LogP contribution >= 0.6 is 22.9 Å². The van der Waals surface area contributed by atoms with Crippen LogP contribution in [0.25, 0.3) is 10.6 Å². The molecule has 0 saturated carbocycles. The molecule has 0 radical (unpaired) electrons. The predicted molar refractivity (Wildman–Crippen MR) is 89.1 cm³/mol. The van der Waals surface area contributed by atoms with E-state index in [-0.39, 0.29) is 5.91 Å². The molecule has 1 heterocycles. The molecule has 0 atom stereocenters. The molecule has 6 heteroatoms. The molecule has 0 fully saturated rings. The van der Waals surface area contributed by atoms with Crippen molar-refractivity contribution >= 4 is 34.0 Å². The molecule has 4 nitrogen and oxygen atoms in total. The van der Waals surface area contributed by atoms with Crippen molar-refractivity contribution in [2.75, 3.05) is 5.32 Å². The molecule has 0 spiro atoms. The van der Waals surface area contributed by atoms with Crippen LogP contribution in [-0.4, -0.2) is 16.1 Å². The number of halogens is 1. The minimum Gasteiger partial charge on any atom is -0.300 e. The molecule has 1 N–H and O–H groups in total. The molecule has 0 unspecified atom stereocenters. The van der Waals surface area contributed by atoms with Crippen molar-refractivity contribution < 1.29 is 4.79 Å². The van der Waals surface area contributed by atoms with E-state index in [9.17, 15) is 4.79 Å². The van der Waals surface area contributed by atoms with Gasteiger partial charge in [-0.15, -0.1) is 10.2 Å². The van der Waals surface area contributed by atoms with Crippen molar-refractivity contribution in [1.29, 1.82) is 0 Å². The molecule has 1 amide bonds. The molecular formula is C16H12ClN3OS. The Morgan fingerprint density at radius 2 is 1.77 bits per heavy atom. The summed E-state index contributed by atoms with van der Waals surface area (Å²) in [5, 5.41) is 12.6. The van der Waals surface area contributed by atoms with E-state index in [0.717, 1.165) is 11.1 Å². The van der Waals surface area contributed by atoms with Crippen LogP contribution in [0.15, 0.2) is 54.6 Å². The number of rotatable bonds is 4. The standard InChI is InChI=1S/C16H12ClN3OS/c17-13-9-5-4-8-12(13)15-19-20-16(22-15)18-14(21)10-11-6-2-1-3-7-11/h1-9H,10H2,(H,18,20,21). The quantitative estimate of drug-likeness (QED) is 0.786. The van der Waals surface area contributed by atoms with Gasteiger partial charge in [0, 0.05) is 5.56 Å². The summed E-state index contributed by atoms with van der Waals surface area (Å²) in [6, 6.07) is 17.0. The minimum absolute atomic E-state index is 0.118. The van der Waals surface area contributed by atoms with Crippen molar-refractivity contribution in [3.63, 3.8) is 0 Å². The normalized spacial score (nSPS) is 10.4. The maximum absolute atomic E-state index is 12.0. The van der Waals surface area contributed by atoms with E-state index in [0.29, 0.717) is 21.6 Å². The molecule has 2 aromatic carbocycles. The lowest BCUT2D eigenvalue weighted by Gasteiger charge is -2.01. The molecule has 0 saturated heterocycles. The first-order valence-corrected chi connectivity index (χ1v) is 7.84. The average molecular weight is 330 g/mol. The summed E-state index contributed by atoms with van der Waals surface area (Å²) in [5.74, 6) is -0.118. The van der Waals surface area contributed by atoms with Gasteiger partial charge in [-0.3, -0.25) is 4.79 Å². The van der Waals surface area contributed by atoms with E-state index in [1.165, 1.54) is 11.3 Å². The van der Waals surface area contributed by atoms with Crippen LogP contribution in [0, 0.1) is 0 Å². The Balaban J connectivity index is 1.70. The largest absolute Gasteiger partial charge is 0.300 e. The highest BCUT2D eigenvalue weighted by atomic mass is 35.5. The fourth-order valence-electron chi connectivity index (χ4n) is 1.96. The van der Waals surface area contributed by atoms with Gasteiger partial charge in [0.2, 0.25) is 11.0 Å². The number of nitrogens with zero attached hydrogens (tertiary/aromatic N) is 2. The molecule has 0 aliphatic heterocycles. The second kappa shape index (κ2) is 6.68. The minimum atomic E-state index is -0.118. The second-order valence-corrected chi connectivity index (χ2v) is 5.99. The molecular weight excluding hydrogens is 318 g/mol. The molecule has 3 rings (SSSR count). The molecule has 3 aromatic rings. The highest BCUT2D eigenvalue weighted by Gasteiger charge is 2.12. The smallest absolute Gasteiger partial charge is 0.230 e. The number of nitrogens with one attached hydrogen (secondary N) is 1. The van der Waals surface area contributed by atoms with E-state index in [1.54, 1.807) is 6.07 Å². The van der Waals surface area contributed by atoms with Crippen LogP contribution in [-0.2, 0) is 11.2 Å². The van der Waals surface area contributed by atoms with Gasteiger partial charge in [-0.05, 0) is 11.6 Å². The number of hydrogen-bond donors (Lipinski definition) is 1. The molecule has 1 aromatic heterocycles. The number of aromatic nitrogens is 2. The van der Waals surface area contributed by atoms with Gasteiger partial charge in [0.1, 0.15) is 0 Å². The summed E-state index contributed by atoms with van der Waals surface area (Å²) in [7, 11) is 0. The number of benzene rings is 2. The molecule has 0 aliphatic rings. The zero-order chi connectivity index (χ0) is 15.4. The Bertz CT molecular complexity index is 789.